The molecule has 1 aromatic heterocycles. The van der Waals surface area contributed by atoms with E-state index in [2.05, 4.69) is 4.98 Å². The monoisotopic (exact) mass is 610 g/mol. The lowest BCUT2D eigenvalue weighted by atomic mass is 9.59. The van der Waals surface area contributed by atoms with Crippen LogP contribution in [0.25, 0.3) is 22.6 Å². The Morgan fingerprint density at radius 3 is 2.33 bits per heavy atom. The van der Waals surface area contributed by atoms with Crippen LogP contribution < -0.4 is 4.90 Å². The molecule has 8 nitrogen and oxygen atoms in total. The number of imide groups is 1. The molecule has 0 radical (unpaired) electrons. The van der Waals surface area contributed by atoms with E-state index in [1.54, 1.807) is 45.0 Å². The van der Waals surface area contributed by atoms with Gasteiger partial charge in [0, 0.05) is 28.2 Å². The van der Waals surface area contributed by atoms with Crippen molar-refractivity contribution in [1.29, 1.82) is 0 Å². The third-order valence-electron chi connectivity index (χ3n) is 10.1. The normalized spacial score (nSPS) is 24.2. The predicted octanol–water partition coefficient (Wildman–Crippen LogP) is 6.45. The number of allylic oxidation sites excluding steroid dienone is 6. The number of phenolic OH excluding ortho intramolecular Hbond substituents is 1. The van der Waals surface area contributed by atoms with Crippen LogP contribution >= 0.6 is 0 Å². The Hall–Kier alpha value is -5.37. The van der Waals surface area contributed by atoms with Gasteiger partial charge in [-0.3, -0.25) is 24.1 Å². The molecule has 0 spiro atoms. The smallest absolute Gasteiger partial charge is 0.238 e. The van der Waals surface area contributed by atoms with Gasteiger partial charge in [0.2, 0.25) is 17.7 Å². The van der Waals surface area contributed by atoms with Gasteiger partial charge in [0.25, 0.3) is 0 Å². The summed E-state index contributed by atoms with van der Waals surface area (Å²) in [4.78, 5) is 61.1. The topological polar surface area (TPSA) is 118 Å². The Kier molecular flexibility index (Phi) is 6.16. The molecule has 3 aromatic carbocycles. The van der Waals surface area contributed by atoms with Crippen molar-refractivity contribution in [3.8, 4) is 17.2 Å². The number of amides is 2. The highest BCUT2D eigenvalue weighted by Gasteiger charge is 2.56. The molecule has 4 aromatic rings. The van der Waals surface area contributed by atoms with Gasteiger partial charge >= 0.3 is 0 Å². The number of nitrogens with zero attached hydrogens (tertiary/aromatic N) is 2. The lowest BCUT2D eigenvalue weighted by molar-refractivity contribution is -0.123. The molecule has 1 N–H and O–H groups in total. The lowest BCUT2D eigenvalue weighted by Gasteiger charge is -2.42. The highest BCUT2D eigenvalue weighted by molar-refractivity contribution is 6.25. The first-order valence-electron chi connectivity index (χ1n) is 15.5. The van der Waals surface area contributed by atoms with E-state index in [9.17, 15) is 24.3 Å². The van der Waals surface area contributed by atoms with E-state index in [0.29, 0.717) is 51.4 Å². The van der Waals surface area contributed by atoms with Crippen molar-refractivity contribution in [2.45, 2.75) is 39.5 Å². The van der Waals surface area contributed by atoms with Crippen molar-refractivity contribution in [3.63, 3.8) is 0 Å². The van der Waals surface area contributed by atoms with Crippen LogP contribution in [0.2, 0.25) is 0 Å². The number of rotatable bonds is 3. The van der Waals surface area contributed by atoms with Gasteiger partial charge in [-0.1, -0.05) is 35.9 Å². The number of aryl methyl sites for hydroxylation is 2. The van der Waals surface area contributed by atoms with Crippen LogP contribution in [0.1, 0.15) is 42.4 Å². The first-order valence-corrected chi connectivity index (χ1v) is 15.5. The zero-order valence-electron chi connectivity index (χ0n) is 25.5. The highest BCUT2D eigenvalue weighted by Crippen LogP contribution is 2.55. The number of Topliss-reactive ketones (excluding diaryl/α,β-unsaturated/α-hetero) is 1. The summed E-state index contributed by atoms with van der Waals surface area (Å²) in [5.41, 5.74) is 6.81. The summed E-state index contributed by atoms with van der Waals surface area (Å²) in [5, 5.41) is 10.5. The molecule has 2 heterocycles. The summed E-state index contributed by atoms with van der Waals surface area (Å²) in [6.07, 6.45) is 3.97. The third kappa shape index (κ3) is 4.02. The lowest BCUT2D eigenvalue weighted by Crippen LogP contribution is -2.39. The summed E-state index contributed by atoms with van der Waals surface area (Å²) in [5.74, 6) is -2.59. The molecule has 8 rings (SSSR count). The Morgan fingerprint density at radius 1 is 0.891 bits per heavy atom. The van der Waals surface area contributed by atoms with Gasteiger partial charge in [0.1, 0.15) is 11.3 Å². The second-order valence-corrected chi connectivity index (χ2v) is 12.8. The standard InChI is InChI=1S/C38H30N2O6/c1-18-14-22(15-19(2)34(18)42)31-24-12-13-25-32(26(24)17-27-33(31)29(41)16-20(3)35(27)43)38(45)40(37(25)44)23-10-8-21(9-11-23)36-39-28-6-4-5-7-30(28)46-36/h4-12,14-16,25-26,31-32,42H,13,17H2,1-3H3/t25-,26+,31-,32-/m0/s1. The van der Waals surface area contributed by atoms with Crippen LogP contribution in [0, 0.1) is 31.6 Å². The Morgan fingerprint density at radius 2 is 1.61 bits per heavy atom. The Labute approximate surface area is 264 Å². The van der Waals surface area contributed by atoms with E-state index in [1.807, 2.05) is 42.5 Å². The minimum Gasteiger partial charge on any atom is -0.507 e. The van der Waals surface area contributed by atoms with Crippen molar-refractivity contribution >= 4 is 40.2 Å². The van der Waals surface area contributed by atoms with Gasteiger partial charge < -0.3 is 9.52 Å². The summed E-state index contributed by atoms with van der Waals surface area (Å²) in [6.45, 7) is 5.24. The summed E-state index contributed by atoms with van der Waals surface area (Å²) < 4.78 is 5.89. The molecule has 4 atom stereocenters. The van der Waals surface area contributed by atoms with Gasteiger partial charge in [-0.15, -0.1) is 0 Å². The molecular weight excluding hydrogens is 580 g/mol. The van der Waals surface area contributed by atoms with Crippen LogP contribution in [-0.4, -0.2) is 33.5 Å². The largest absolute Gasteiger partial charge is 0.507 e. The molecule has 0 bridgehead atoms. The van der Waals surface area contributed by atoms with Crippen molar-refractivity contribution in [2.24, 2.45) is 17.8 Å². The maximum atomic E-state index is 14.3. The first-order chi connectivity index (χ1) is 22.1. The third-order valence-corrected chi connectivity index (χ3v) is 10.1. The van der Waals surface area contributed by atoms with Crippen molar-refractivity contribution < 1.29 is 28.7 Å². The van der Waals surface area contributed by atoms with Crippen molar-refractivity contribution in [2.75, 3.05) is 4.90 Å². The van der Waals surface area contributed by atoms with Gasteiger partial charge in [-0.2, -0.15) is 0 Å². The number of anilines is 1. The number of oxazole rings is 1. The molecule has 0 saturated carbocycles. The minimum atomic E-state index is -0.672. The first kappa shape index (κ1) is 28.1. The number of ketones is 2. The van der Waals surface area contributed by atoms with Crippen molar-refractivity contribution in [3.05, 3.63) is 112 Å². The van der Waals surface area contributed by atoms with E-state index in [-0.39, 0.29) is 35.6 Å². The maximum absolute atomic E-state index is 14.3. The number of carbonyl (C=O) groups is 4. The molecule has 1 aliphatic heterocycles. The van der Waals surface area contributed by atoms with Gasteiger partial charge in [-0.05, 0) is 98.7 Å². The number of aromatic nitrogens is 1. The molecule has 2 amide bonds. The zero-order chi connectivity index (χ0) is 32.0. The van der Waals surface area contributed by atoms with Crippen LogP contribution in [0.15, 0.2) is 99.5 Å². The summed E-state index contributed by atoms with van der Waals surface area (Å²) in [6, 6.07) is 18.2. The SMILES string of the molecule is CC1=CC(=O)C2=C(C[C@@H]3C(=CC[C@@H]4C(=O)N(c5ccc(-c6nc7ccccc7o6)cc5)C(=O)[C@@H]43)[C@@H]2c2cc(C)c(O)c(C)c2)C1=O. The molecule has 8 heteroatoms. The van der Waals surface area contributed by atoms with Crippen molar-refractivity contribution in [1.82, 2.24) is 4.98 Å². The minimum absolute atomic E-state index is 0.180. The van der Waals surface area contributed by atoms with E-state index in [1.165, 1.54) is 11.0 Å². The number of benzene rings is 3. The molecule has 3 aliphatic carbocycles. The second-order valence-electron chi connectivity index (χ2n) is 12.8. The second kappa shape index (κ2) is 10.1. The average Bonchev–Trinajstić information content (AvgIpc) is 3.59. The van der Waals surface area contributed by atoms with Gasteiger partial charge in [0.15, 0.2) is 17.1 Å². The zero-order valence-corrected chi connectivity index (χ0v) is 25.5. The molecule has 46 heavy (non-hydrogen) atoms. The van der Waals surface area contributed by atoms with Gasteiger partial charge in [-0.25, -0.2) is 4.98 Å². The maximum Gasteiger partial charge on any atom is 0.238 e. The van der Waals surface area contributed by atoms with Crippen LogP contribution in [-0.2, 0) is 19.2 Å². The number of aromatic hydroxyl groups is 1. The number of hydrogen-bond acceptors (Lipinski definition) is 7. The number of phenols is 1. The molecule has 1 saturated heterocycles. The molecule has 1 fully saturated rings. The number of para-hydroxylation sites is 2. The molecule has 4 aliphatic rings. The molecule has 228 valence electrons. The highest BCUT2D eigenvalue weighted by atomic mass is 16.3. The number of hydrogen-bond donors (Lipinski definition) is 1. The Balaban J connectivity index is 1.17. The fourth-order valence-electron chi connectivity index (χ4n) is 7.92. The fourth-order valence-corrected chi connectivity index (χ4v) is 7.92. The average molecular weight is 611 g/mol. The Bertz CT molecular complexity index is 2090. The molecular formula is C38H30N2O6. The number of fused-ring (bicyclic) bond motifs is 4. The molecule has 0 unspecified atom stereocenters. The fraction of sp³-hybridized carbons (Fsp3) is 0.237. The number of carbonyl (C=O) groups excluding carboxylic acids is 4. The van der Waals surface area contributed by atoms with E-state index in [0.717, 1.165) is 22.2 Å². The van der Waals surface area contributed by atoms with E-state index >= 15 is 0 Å². The summed E-state index contributed by atoms with van der Waals surface area (Å²) >= 11 is 0. The quantitative estimate of drug-likeness (QED) is 0.161. The van der Waals surface area contributed by atoms with E-state index < -0.39 is 23.7 Å². The van der Waals surface area contributed by atoms with Gasteiger partial charge in [0.05, 0.1) is 17.5 Å². The van der Waals surface area contributed by atoms with Crippen LogP contribution in [0.5, 0.6) is 5.75 Å². The van der Waals surface area contributed by atoms with Crippen LogP contribution in [0.4, 0.5) is 5.69 Å². The predicted molar refractivity (Wildman–Crippen MR) is 171 cm³/mol. The summed E-state index contributed by atoms with van der Waals surface area (Å²) in [7, 11) is 0. The van der Waals surface area contributed by atoms with Crippen LogP contribution in [0.3, 0.4) is 0 Å². The van der Waals surface area contributed by atoms with E-state index in [4.69, 9.17) is 4.42 Å².